The normalized spacial score (nSPS) is 12.0. The van der Waals surface area contributed by atoms with E-state index in [4.69, 9.17) is 5.73 Å². The van der Waals surface area contributed by atoms with Crippen molar-refractivity contribution in [3.63, 3.8) is 0 Å². The van der Waals surface area contributed by atoms with Crippen LogP contribution in [0.2, 0.25) is 0 Å². The second-order valence-corrected chi connectivity index (χ2v) is 4.41. The lowest BCUT2D eigenvalue weighted by Crippen LogP contribution is -2.15. The van der Waals surface area contributed by atoms with E-state index < -0.39 is 0 Å². The molecule has 1 aromatic rings. The minimum absolute atomic E-state index is 0.331. The van der Waals surface area contributed by atoms with Crippen molar-refractivity contribution in [1.82, 2.24) is 14.8 Å². The van der Waals surface area contributed by atoms with Gasteiger partial charge in [-0.25, -0.2) is 9.67 Å². The van der Waals surface area contributed by atoms with E-state index >= 15 is 0 Å². The van der Waals surface area contributed by atoms with E-state index in [9.17, 15) is 0 Å². The van der Waals surface area contributed by atoms with Gasteiger partial charge in [-0.05, 0) is 11.8 Å². The van der Waals surface area contributed by atoms with Crippen LogP contribution in [0.1, 0.15) is 33.0 Å². The Morgan fingerprint density at radius 1 is 1.46 bits per heavy atom. The Morgan fingerprint density at radius 3 is 2.69 bits per heavy atom. The monoisotopic (exact) mass is 182 g/mol. The first-order valence-corrected chi connectivity index (χ1v) is 4.60. The molecule has 0 bridgehead atoms. The van der Waals surface area contributed by atoms with Crippen LogP contribution >= 0.6 is 0 Å². The Hall–Kier alpha value is -0.900. The van der Waals surface area contributed by atoms with Crippen molar-refractivity contribution in [2.24, 2.45) is 11.1 Å². The molecule has 74 valence electrons. The number of rotatable bonds is 3. The van der Waals surface area contributed by atoms with Gasteiger partial charge in [0, 0.05) is 6.54 Å². The van der Waals surface area contributed by atoms with Gasteiger partial charge in [-0.15, -0.1) is 0 Å². The maximum absolute atomic E-state index is 5.51. The number of nitrogens with two attached hydrogens (primary N) is 1. The molecule has 0 fully saturated rings. The van der Waals surface area contributed by atoms with Crippen LogP contribution in [0.15, 0.2) is 6.33 Å². The summed E-state index contributed by atoms with van der Waals surface area (Å²) >= 11 is 0. The summed E-state index contributed by atoms with van der Waals surface area (Å²) in [4.78, 5) is 4.06. The Labute approximate surface area is 79.2 Å². The van der Waals surface area contributed by atoms with Crippen LogP contribution in [0.3, 0.4) is 0 Å². The van der Waals surface area contributed by atoms with Crippen LogP contribution in [0, 0.1) is 5.41 Å². The van der Waals surface area contributed by atoms with Crippen LogP contribution in [0.4, 0.5) is 0 Å². The minimum Gasteiger partial charge on any atom is -0.324 e. The smallest absolute Gasteiger partial charge is 0.140 e. The second-order valence-electron chi connectivity index (χ2n) is 4.41. The molecule has 0 aliphatic rings. The molecule has 0 radical (unpaired) electrons. The van der Waals surface area contributed by atoms with Gasteiger partial charge in [0.2, 0.25) is 0 Å². The molecule has 0 spiro atoms. The van der Waals surface area contributed by atoms with Gasteiger partial charge in [-0.1, -0.05) is 20.8 Å². The van der Waals surface area contributed by atoms with Gasteiger partial charge in [0.25, 0.3) is 0 Å². The Kier molecular flexibility index (Phi) is 3.03. The summed E-state index contributed by atoms with van der Waals surface area (Å²) in [6.45, 7) is 8.00. The number of aryl methyl sites for hydroxylation is 1. The average Bonchev–Trinajstić information content (AvgIpc) is 2.46. The zero-order chi connectivity index (χ0) is 9.90. The fourth-order valence-electron chi connectivity index (χ4n) is 1.07. The summed E-state index contributed by atoms with van der Waals surface area (Å²) in [5.41, 5.74) is 5.84. The Morgan fingerprint density at radius 2 is 2.15 bits per heavy atom. The summed E-state index contributed by atoms with van der Waals surface area (Å²) in [5.74, 6) is 0.865. The minimum atomic E-state index is 0.331. The van der Waals surface area contributed by atoms with Gasteiger partial charge < -0.3 is 5.73 Å². The number of hydrogen-bond donors (Lipinski definition) is 1. The molecule has 0 aliphatic heterocycles. The van der Waals surface area contributed by atoms with E-state index in [2.05, 4.69) is 30.9 Å². The zero-order valence-corrected chi connectivity index (χ0v) is 8.62. The highest BCUT2D eigenvalue weighted by molar-refractivity contribution is 4.82. The average molecular weight is 182 g/mol. The standard InChI is InChI=1S/C9H18N4/c1-9(2,3)4-5-13-8(6-10)11-7-12-13/h7H,4-6,10H2,1-3H3. The van der Waals surface area contributed by atoms with Gasteiger partial charge in [0.05, 0.1) is 6.54 Å². The highest BCUT2D eigenvalue weighted by Gasteiger charge is 2.11. The van der Waals surface area contributed by atoms with Crippen LogP contribution in [0.25, 0.3) is 0 Å². The van der Waals surface area contributed by atoms with Crippen molar-refractivity contribution in [2.45, 2.75) is 40.3 Å². The van der Waals surface area contributed by atoms with Crippen LogP contribution in [-0.2, 0) is 13.1 Å². The SMILES string of the molecule is CC(C)(C)CCn1ncnc1CN. The van der Waals surface area contributed by atoms with Gasteiger partial charge in [0.15, 0.2) is 0 Å². The molecule has 1 heterocycles. The van der Waals surface area contributed by atoms with E-state index in [0.29, 0.717) is 12.0 Å². The third-order valence-electron chi connectivity index (χ3n) is 1.95. The number of nitrogens with zero attached hydrogens (tertiary/aromatic N) is 3. The van der Waals surface area contributed by atoms with Crippen molar-refractivity contribution < 1.29 is 0 Å². The highest BCUT2D eigenvalue weighted by atomic mass is 15.3. The lowest BCUT2D eigenvalue weighted by molar-refractivity contribution is 0.337. The molecule has 1 aromatic heterocycles. The predicted octanol–water partition coefficient (Wildman–Crippen LogP) is 1.17. The first-order valence-electron chi connectivity index (χ1n) is 4.60. The third kappa shape index (κ3) is 3.14. The van der Waals surface area contributed by atoms with E-state index in [0.717, 1.165) is 18.8 Å². The molecule has 2 N–H and O–H groups in total. The molecule has 4 nitrogen and oxygen atoms in total. The molecule has 0 saturated carbocycles. The van der Waals surface area contributed by atoms with Crippen LogP contribution < -0.4 is 5.73 Å². The lowest BCUT2D eigenvalue weighted by atomic mass is 9.92. The molecule has 0 unspecified atom stereocenters. The van der Waals surface area contributed by atoms with Gasteiger partial charge in [0.1, 0.15) is 12.2 Å². The first-order chi connectivity index (χ1) is 6.03. The molecule has 0 aromatic carbocycles. The van der Waals surface area contributed by atoms with Crippen LogP contribution in [-0.4, -0.2) is 14.8 Å². The molecular weight excluding hydrogens is 164 g/mol. The first kappa shape index (κ1) is 10.2. The van der Waals surface area contributed by atoms with Gasteiger partial charge in [-0.3, -0.25) is 0 Å². The lowest BCUT2D eigenvalue weighted by Gasteiger charge is -2.17. The zero-order valence-electron chi connectivity index (χ0n) is 8.62. The fraction of sp³-hybridized carbons (Fsp3) is 0.778. The van der Waals surface area contributed by atoms with Gasteiger partial charge >= 0.3 is 0 Å². The topological polar surface area (TPSA) is 56.7 Å². The fourth-order valence-corrected chi connectivity index (χ4v) is 1.07. The summed E-state index contributed by atoms with van der Waals surface area (Å²) in [6.07, 6.45) is 2.65. The van der Waals surface area contributed by atoms with Crippen molar-refractivity contribution in [1.29, 1.82) is 0 Å². The second kappa shape index (κ2) is 3.87. The van der Waals surface area contributed by atoms with E-state index in [1.165, 1.54) is 0 Å². The molecule has 1 rings (SSSR count). The Bertz CT molecular complexity index is 259. The molecule has 0 aliphatic carbocycles. The summed E-state index contributed by atoms with van der Waals surface area (Å²) in [5, 5.41) is 4.12. The van der Waals surface area contributed by atoms with Crippen molar-refractivity contribution in [3.8, 4) is 0 Å². The third-order valence-corrected chi connectivity index (χ3v) is 1.95. The number of aromatic nitrogens is 3. The molecule has 0 amide bonds. The molecule has 0 atom stereocenters. The summed E-state index contributed by atoms with van der Waals surface area (Å²) in [7, 11) is 0. The molecule has 13 heavy (non-hydrogen) atoms. The van der Waals surface area contributed by atoms with Crippen LogP contribution in [0.5, 0.6) is 0 Å². The molecular formula is C9H18N4. The van der Waals surface area contributed by atoms with E-state index in [-0.39, 0.29) is 0 Å². The Balaban J connectivity index is 2.54. The van der Waals surface area contributed by atoms with E-state index in [1.54, 1.807) is 6.33 Å². The van der Waals surface area contributed by atoms with E-state index in [1.807, 2.05) is 4.68 Å². The van der Waals surface area contributed by atoms with Gasteiger partial charge in [-0.2, -0.15) is 5.10 Å². The quantitative estimate of drug-likeness (QED) is 0.763. The molecule has 4 heteroatoms. The summed E-state index contributed by atoms with van der Waals surface area (Å²) in [6, 6.07) is 0. The maximum Gasteiger partial charge on any atom is 0.140 e. The van der Waals surface area contributed by atoms with Crippen molar-refractivity contribution >= 4 is 0 Å². The van der Waals surface area contributed by atoms with Crippen molar-refractivity contribution in [3.05, 3.63) is 12.2 Å². The predicted molar refractivity (Wildman–Crippen MR) is 52.0 cm³/mol. The largest absolute Gasteiger partial charge is 0.324 e. The summed E-state index contributed by atoms with van der Waals surface area (Å²) < 4.78 is 1.88. The molecule has 0 saturated heterocycles. The van der Waals surface area contributed by atoms with Crippen molar-refractivity contribution in [2.75, 3.05) is 0 Å². The maximum atomic E-state index is 5.51. The highest BCUT2D eigenvalue weighted by Crippen LogP contribution is 2.19. The number of hydrogen-bond acceptors (Lipinski definition) is 3.